The first-order valence-corrected chi connectivity index (χ1v) is 10.0. The van der Waals surface area contributed by atoms with Gasteiger partial charge in [-0.05, 0) is 17.5 Å². The zero-order valence-electron chi connectivity index (χ0n) is 13.1. The molecule has 7 heteroatoms. The Bertz CT molecular complexity index is 648. The molecule has 0 fully saturated rings. The highest BCUT2D eigenvalue weighted by molar-refractivity contribution is 9.25. The molecule has 0 saturated carbocycles. The molecule has 2 aromatic carbocycles. The lowest BCUT2D eigenvalue weighted by Gasteiger charge is -2.04. The average Bonchev–Trinajstić information content (AvgIpc) is 2.61. The van der Waals surface area contributed by atoms with E-state index in [-0.39, 0.29) is 5.97 Å². The topological polar surface area (TPSA) is 63.6 Å². The monoisotopic (exact) mass is 534 g/mol. The lowest BCUT2D eigenvalue weighted by atomic mass is 10.1. The predicted molar refractivity (Wildman–Crippen MR) is 108 cm³/mol. The summed E-state index contributed by atoms with van der Waals surface area (Å²) in [6.45, 7) is 0.313. The van der Waals surface area contributed by atoms with E-state index in [1.165, 1.54) is 0 Å². The standard InChI is InChI=1S/C9H8Br2O2.C9H9BrO2/c10-8(11)9(12)13-6-7-4-2-1-3-5-7;10-8(9(11)12)6-7-4-2-1-3-5-7/h1-5,8H,6H2;1-5,8H,6H2,(H,11,12). The summed E-state index contributed by atoms with van der Waals surface area (Å²) in [6, 6.07) is 19.1. The van der Waals surface area contributed by atoms with Gasteiger partial charge in [0.1, 0.15) is 11.4 Å². The normalized spacial score (nSPS) is 11.2. The molecule has 0 heterocycles. The summed E-state index contributed by atoms with van der Waals surface area (Å²) < 4.78 is 4.53. The smallest absolute Gasteiger partial charge is 0.330 e. The van der Waals surface area contributed by atoms with Gasteiger partial charge < -0.3 is 9.84 Å². The number of carboxylic acid groups (broad SMARTS) is 1. The van der Waals surface area contributed by atoms with E-state index in [0.717, 1.165) is 11.1 Å². The molecule has 0 aliphatic heterocycles. The van der Waals surface area contributed by atoms with Gasteiger partial charge in [-0.3, -0.25) is 4.79 Å². The van der Waals surface area contributed by atoms with Gasteiger partial charge in [0.05, 0.1) is 0 Å². The van der Waals surface area contributed by atoms with Crippen LogP contribution in [-0.2, 0) is 27.4 Å². The van der Waals surface area contributed by atoms with Gasteiger partial charge >= 0.3 is 11.9 Å². The van der Waals surface area contributed by atoms with Crippen molar-refractivity contribution in [3.05, 3.63) is 71.8 Å². The van der Waals surface area contributed by atoms with Gasteiger partial charge in [-0.25, -0.2) is 4.79 Å². The summed E-state index contributed by atoms with van der Waals surface area (Å²) in [5, 5.41) is 8.60. The van der Waals surface area contributed by atoms with E-state index >= 15 is 0 Å². The molecule has 0 aliphatic carbocycles. The van der Waals surface area contributed by atoms with E-state index in [1.54, 1.807) is 0 Å². The highest BCUT2D eigenvalue weighted by atomic mass is 79.9. The van der Waals surface area contributed by atoms with Crippen molar-refractivity contribution in [2.24, 2.45) is 0 Å². The molecular formula is C18H17Br3O4. The Hall–Kier alpha value is -1.18. The van der Waals surface area contributed by atoms with E-state index < -0.39 is 14.5 Å². The largest absolute Gasteiger partial charge is 0.480 e. The Morgan fingerprint density at radius 1 is 0.880 bits per heavy atom. The number of hydrogen-bond donors (Lipinski definition) is 1. The minimum Gasteiger partial charge on any atom is -0.480 e. The fourth-order valence-corrected chi connectivity index (χ4v) is 2.34. The highest BCUT2D eigenvalue weighted by Gasteiger charge is 2.12. The molecule has 0 saturated heterocycles. The first-order valence-electron chi connectivity index (χ1n) is 7.29. The highest BCUT2D eigenvalue weighted by Crippen LogP contribution is 2.11. The van der Waals surface area contributed by atoms with Crippen molar-refractivity contribution in [1.82, 2.24) is 0 Å². The van der Waals surface area contributed by atoms with Crippen LogP contribution in [0.2, 0.25) is 0 Å². The molecule has 134 valence electrons. The Balaban J connectivity index is 0.000000251. The van der Waals surface area contributed by atoms with Crippen molar-refractivity contribution in [3.8, 4) is 0 Å². The van der Waals surface area contributed by atoms with E-state index in [1.807, 2.05) is 60.7 Å². The van der Waals surface area contributed by atoms with Crippen molar-refractivity contribution in [1.29, 1.82) is 0 Å². The van der Waals surface area contributed by atoms with Gasteiger partial charge in [0, 0.05) is 0 Å². The quantitative estimate of drug-likeness (QED) is 0.420. The van der Waals surface area contributed by atoms with Crippen LogP contribution in [0.25, 0.3) is 0 Å². The lowest BCUT2D eigenvalue weighted by molar-refractivity contribution is -0.142. The first-order chi connectivity index (χ1) is 11.9. The third-order valence-electron chi connectivity index (χ3n) is 2.93. The summed E-state index contributed by atoms with van der Waals surface area (Å²) in [5.41, 5.74) is 2.01. The van der Waals surface area contributed by atoms with Crippen molar-refractivity contribution >= 4 is 59.7 Å². The van der Waals surface area contributed by atoms with Crippen LogP contribution < -0.4 is 0 Å². The molecule has 0 radical (unpaired) electrons. The zero-order valence-corrected chi connectivity index (χ0v) is 17.9. The number of alkyl halides is 3. The molecule has 1 N–H and O–H groups in total. The number of ether oxygens (including phenoxy) is 1. The van der Waals surface area contributed by atoms with Crippen LogP contribution in [0.5, 0.6) is 0 Å². The van der Waals surface area contributed by atoms with E-state index in [2.05, 4.69) is 47.8 Å². The molecule has 1 unspecified atom stereocenters. The molecule has 0 aromatic heterocycles. The summed E-state index contributed by atoms with van der Waals surface area (Å²) >= 11 is 9.19. The number of benzene rings is 2. The molecule has 0 aliphatic rings. The maximum atomic E-state index is 11.0. The van der Waals surface area contributed by atoms with E-state index in [0.29, 0.717) is 13.0 Å². The summed E-state index contributed by atoms with van der Waals surface area (Å²) in [4.78, 5) is 21.0. The maximum Gasteiger partial charge on any atom is 0.330 e. The second kappa shape index (κ2) is 12.2. The van der Waals surface area contributed by atoms with Gasteiger partial charge in [-0.15, -0.1) is 0 Å². The average molecular weight is 537 g/mol. The van der Waals surface area contributed by atoms with Crippen molar-refractivity contribution in [2.45, 2.75) is 21.6 Å². The number of carbonyl (C=O) groups excluding carboxylic acids is 1. The van der Waals surface area contributed by atoms with Gasteiger partial charge in [0.15, 0.2) is 3.74 Å². The van der Waals surface area contributed by atoms with Crippen molar-refractivity contribution in [3.63, 3.8) is 0 Å². The van der Waals surface area contributed by atoms with Crippen LogP contribution in [0.3, 0.4) is 0 Å². The van der Waals surface area contributed by atoms with Crippen LogP contribution in [0.15, 0.2) is 60.7 Å². The Kier molecular flexibility index (Phi) is 10.7. The molecule has 25 heavy (non-hydrogen) atoms. The Labute approximate surface area is 172 Å². The van der Waals surface area contributed by atoms with Crippen molar-refractivity contribution < 1.29 is 19.4 Å². The second-order valence-corrected chi connectivity index (χ2v) is 9.05. The number of carbonyl (C=O) groups is 2. The molecular weight excluding hydrogens is 520 g/mol. The van der Waals surface area contributed by atoms with Crippen molar-refractivity contribution in [2.75, 3.05) is 0 Å². The summed E-state index contributed by atoms with van der Waals surface area (Å²) in [7, 11) is 0. The molecule has 2 rings (SSSR count). The second-order valence-electron chi connectivity index (χ2n) is 4.89. The molecule has 2 aromatic rings. The number of rotatable bonds is 6. The zero-order chi connectivity index (χ0) is 18.7. The van der Waals surface area contributed by atoms with Crippen LogP contribution in [0.1, 0.15) is 11.1 Å². The fourth-order valence-electron chi connectivity index (χ4n) is 1.70. The lowest BCUT2D eigenvalue weighted by Crippen LogP contribution is -2.15. The molecule has 0 amide bonds. The minimum absolute atomic E-state index is 0.313. The predicted octanol–water partition coefficient (Wildman–Crippen LogP) is 4.92. The Morgan fingerprint density at radius 2 is 1.36 bits per heavy atom. The van der Waals surface area contributed by atoms with Gasteiger partial charge in [0.2, 0.25) is 0 Å². The van der Waals surface area contributed by atoms with Gasteiger partial charge in [-0.2, -0.15) is 0 Å². The minimum atomic E-state index is -0.821. The van der Waals surface area contributed by atoms with E-state index in [4.69, 9.17) is 9.84 Å². The maximum absolute atomic E-state index is 11.0. The number of aliphatic carboxylic acids is 1. The van der Waals surface area contributed by atoms with Crippen LogP contribution in [0, 0.1) is 0 Å². The number of esters is 1. The van der Waals surface area contributed by atoms with Gasteiger partial charge in [-0.1, -0.05) is 108 Å². The third kappa shape index (κ3) is 9.77. The third-order valence-corrected chi connectivity index (χ3v) is 4.39. The molecule has 0 bridgehead atoms. The van der Waals surface area contributed by atoms with E-state index in [9.17, 15) is 9.59 Å². The SMILES string of the molecule is O=C(O)C(Br)Cc1ccccc1.O=C(OCc1ccccc1)C(Br)Br. The first kappa shape index (κ1) is 21.9. The number of halogens is 3. The number of carboxylic acids is 1. The Morgan fingerprint density at radius 3 is 1.80 bits per heavy atom. The summed E-state index contributed by atoms with van der Waals surface area (Å²) in [6.07, 6.45) is 0.524. The fraction of sp³-hybridized carbons (Fsp3) is 0.222. The van der Waals surface area contributed by atoms with Gasteiger partial charge in [0.25, 0.3) is 0 Å². The molecule has 4 nitrogen and oxygen atoms in total. The van der Waals surface area contributed by atoms with Crippen LogP contribution in [-0.4, -0.2) is 25.6 Å². The molecule has 0 spiro atoms. The van der Waals surface area contributed by atoms with Crippen LogP contribution >= 0.6 is 47.8 Å². The summed E-state index contributed by atoms with van der Waals surface area (Å²) in [5.74, 6) is -1.14. The van der Waals surface area contributed by atoms with Crippen LogP contribution in [0.4, 0.5) is 0 Å². The number of hydrogen-bond acceptors (Lipinski definition) is 3. The molecule has 1 atom stereocenters.